The fraction of sp³-hybridized carbons (Fsp3) is 0.500. The lowest BCUT2D eigenvalue weighted by atomic mass is 9.85. The predicted molar refractivity (Wildman–Crippen MR) is 111 cm³/mol. The van der Waals surface area contributed by atoms with E-state index in [0.29, 0.717) is 25.2 Å². The zero-order valence-electron chi connectivity index (χ0n) is 16.7. The van der Waals surface area contributed by atoms with Crippen molar-refractivity contribution in [1.29, 1.82) is 0 Å². The van der Waals surface area contributed by atoms with Crippen molar-refractivity contribution in [2.24, 2.45) is 5.73 Å². The van der Waals surface area contributed by atoms with Crippen LogP contribution in [-0.2, 0) is 24.2 Å². The van der Waals surface area contributed by atoms with Gasteiger partial charge in [0, 0.05) is 0 Å². The van der Waals surface area contributed by atoms with Gasteiger partial charge in [-0.2, -0.15) is 0 Å². The van der Waals surface area contributed by atoms with E-state index < -0.39 is 0 Å². The second-order valence-electron chi connectivity index (χ2n) is 7.51. The summed E-state index contributed by atoms with van der Waals surface area (Å²) in [6.07, 6.45) is 5.82. The summed E-state index contributed by atoms with van der Waals surface area (Å²) in [7, 11) is 0. The number of hydrogen-bond donors (Lipinski definition) is 1. The van der Waals surface area contributed by atoms with Gasteiger partial charge < -0.3 is 15.2 Å². The Bertz CT molecular complexity index is 728. The Morgan fingerprint density at radius 2 is 2.00 bits per heavy atom. The highest BCUT2D eigenvalue weighted by molar-refractivity contribution is 5.36. The molecule has 2 N–H and O–H groups in total. The zero-order valence-corrected chi connectivity index (χ0v) is 16.7. The van der Waals surface area contributed by atoms with Crippen LogP contribution in [0.5, 0.6) is 5.75 Å². The van der Waals surface area contributed by atoms with E-state index in [1.165, 1.54) is 35.1 Å². The Hall–Kier alpha value is -1.84. The second-order valence-corrected chi connectivity index (χ2v) is 7.51. The Morgan fingerprint density at radius 1 is 1.11 bits per heavy atom. The average molecular weight is 368 g/mol. The fourth-order valence-corrected chi connectivity index (χ4v) is 4.01. The van der Waals surface area contributed by atoms with Gasteiger partial charge >= 0.3 is 0 Å². The number of benzene rings is 2. The fourth-order valence-electron chi connectivity index (χ4n) is 4.01. The Kier molecular flexibility index (Phi) is 7.31. The lowest BCUT2D eigenvalue weighted by Gasteiger charge is -2.26. The molecule has 0 radical (unpaired) electrons. The van der Waals surface area contributed by atoms with Crippen molar-refractivity contribution in [3.63, 3.8) is 0 Å². The Morgan fingerprint density at radius 3 is 2.78 bits per heavy atom. The van der Waals surface area contributed by atoms with E-state index in [2.05, 4.69) is 37.3 Å². The second kappa shape index (κ2) is 9.91. The van der Waals surface area contributed by atoms with Gasteiger partial charge in [0.2, 0.25) is 0 Å². The highest BCUT2D eigenvalue weighted by atomic mass is 16.5. The zero-order chi connectivity index (χ0) is 19.1. The van der Waals surface area contributed by atoms with Gasteiger partial charge in [-0.3, -0.25) is 0 Å². The molecule has 3 nitrogen and oxygen atoms in total. The number of fused-ring (bicyclic) bond motifs is 1. The summed E-state index contributed by atoms with van der Waals surface area (Å²) in [5, 5.41) is 0. The van der Waals surface area contributed by atoms with Gasteiger partial charge in [0.05, 0.1) is 19.3 Å². The molecule has 0 saturated heterocycles. The molecule has 27 heavy (non-hydrogen) atoms. The minimum Gasteiger partial charge on any atom is -0.494 e. The summed E-state index contributed by atoms with van der Waals surface area (Å²) in [6, 6.07) is 15.2. The van der Waals surface area contributed by atoms with Crippen LogP contribution >= 0.6 is 0 Å². The van der Waals surface area contributed by atoms with Crippen LogP contribution in [0.4, 0.5) is 0 Å². The molecular weight excluding hydrogens is 334 g/mol. The first-order valence-corrected chi connectivity index (χ1v) is 10.4. The molecule has 2 unspecified atom stereocenters. The van der Waals surface area contributed by atoms with Crippen LogP contribution in [-0.4, -0.2) is 19.3 Å². The minimum atomic E-state index is 0.292. The summed E-state index contributed by atoms with van der Waals surface area (Å²) in [5.74, 6) is 1.41. The van der Waals surface area contributed by atoms with E-state index in [-0.39, 0.29) is 0 Å². The molecule has 2 aromatic rings. The molecule has 1 aliphatic carbocycles. The molecule has 0 heterocycles. The molecule has 0 aromatic heterocycles. The van der Waals surface area contributed by atoms with Crippen molar-refractivity contribution < 1.29 is 9.47 Å². The van der Waals surface area contributed by atoms with Gasteiger partial charge in [-0.05, 0) is 79.5 Å². The SMILES string of the molecule is CCCC(CN)c1ccc2c(c1)CCC(OCc1cccc(OCC)c1)C2. The van der Waals surface area contributed by atoms with Crippen molar-refractivity contribution in [2.75, 3.05) is 13.2 Å². The first-order valence-electron chi connectivity index (χ1n) is 10.4. The Balaban J connectivity index is 1.59. The van der Waals surface area contributed by atoms with Crippen LogP contribution < -0.4 is 10.5 Å². The van der Waals surface area contributed by atoms with Gasteiger partial charge in [0.1, 0.15) is 5.75 Å². The molecule has 0 fully saturated rings. The molecule has 3 rings (SSSR count). The highest BCUT2D eigenvalue weighted by Gasteiger charge is 2.20. The maximum absolute atomic E-state index is 6.22. The van der Waals surface area contributed by atoms with Crippen molar-refractivity contribution >= 4 is 0 Å². The van der Waals surface area contributed by atoms with Crippen LogP contribution in [0.15, 0.2) is 42.5 Å². The molecule has 2 atom stereocenters. The summed E-state index contributed by atoms with van der Waals surface area (Å²) in [6.45, 7) is 6.30. The molecule has 2 aromatic carbocycles. The van der Waals surface area contributed by atoms with Crippen molar-refractivity contribution in [1.82, 2.24) is 0 Å². The summed E-state index contributed by atoms with van der Waals surface area (Å²) in [4.78, 5) is 0. The molecule has 3 heteroatoms. The third kappa shape index (κ3) is 5.33. The van der Waals surface area contributed by atoms with E-state index >= 15 is 0 Å². The summed E-state index contributed by atoms with van der Waals surface area (Å²) < 4.78 is 11.8. The monoisotopic (exact) mass is 367 g/mol. The van der Waals surface area contributed by atoms with Gasteiger partial charge in [-0.1, -0.05) is 43.7 Å². The Labute approximate surface area is 163 Å². The van der Waals surface area contributed by atoms with Crippen molar-refractivity contribution in [2.45, 2.75) is 64.6 Å². The number of rotatable bonds is 9. The largest absolute Gasteiger partial charge is 0.494 e. The average Bonchev–Trinajstić information content (AvgIpc) is 2.70. The van der Waals surface area contributed by atoms with Crippen LogP contribution in [0.25, 0.3) is 0 Å². The van der Waals surface area contributed by atoms with Gasteiger partial charge in [-0.15, -0.1) is 0 Å². The van der Waals surface area contributed by atoms with Crippen LogP contribution in [0, 0.1) is 0 Å². The standard InChI is InChI=1S/C24H33NO2/c1-3-6-22(16-25)20-9-10-21-15-24(12-11-19(21)14-20)27-17-18-7-5-8-23(13-18)26-4-2/h5,7-10,13-14,22,24H,3-4,6,11-12,15-17,25H2,1-2H3. The third-order valence-corrected chi connectivity index (χ3v) is 5.50. The first-order chi connectivity index (χ1) is 13.2. The number of hydrogen-bond acceptors (Lipinski definition) is 3. The van der Waals surface area contributed by atoms with Crippen molar-refractivity contribution in [3.8, 4) is 5.75 Å². The third-order valence-electron chi connectivity index (χ3n) is 5.50. The summed E-state index contributed by atoms with van der Waals surface area (Å²) >= 11 is 0. The molecule has 0 spiro atoms. The van der Waals surface area contributed by atoms with Crippen LogP contribution in [0.3, 0.4) is 0 Å². The molecule has 1 aliphatic rings. The lowest BCUT2D eigenvalue weighted by Crippen LogP contribution is -2.23. The van der Waals surface area contributed by atoms with E-state index in [9.17, 15) is 0 Å². The van der Waals surface area contributed by atoms with E-state index in [4.69, 9.17) is 15.2 Å². The maximum Gasteiger partial charge on any atom is 0.119 e. The smallest absolute Gasteiger partial charge is 0.119 e. The molecule has 0 amide bonds. The van der Waals surface area contributed by atoms with Gasteiger partial charge in [0.15, 0.2) is 0 Å². The lowest BCUT2D eigenvalue weighted by molar-refractivity contribution is 0.0318. The predicted octanol–water partition coefficient (Wildman–Crippen LogP) is 5.00. The van der Waals surface area contributed by atoms with Crippen molar-refractivity contribution in [3.05, 3.63) is 64.7 Å². The molecule has 0 saturated carbocycles. The van der Waals surface area contributed by atoms with Crippen LogP contribution in [0.2, 0.25) is 0 Å². The van der Waals surface area contributed by atoms with Gasteiger partial charge in [0.25, 0.3) is 0 Å². The topological polar surface area (TPSA) is 44.5 Å². The van der Waals surface area contributed by atoms with E-state index in [0.717, 1.165) is 31.6 Å². The summed E-state index contributed by atoms with van der Waals surface area (Å²) in [5.41, 5.74) is 11.5. The quantitative estimate of drug-likeness (QED) is 0.678. The highest BCUT2D eigenvalue weighted by Crippen LogP contribution is 2.29. The van der Waals surface area contributed by atoms with E-state index in [1.807, 2.05) is 19.1 Å². The number of aryl methyl sites for hydroxylation is 1. The molecule has 146 valence electrons. The minimum absolute atomic E-state index is 0.292. The maximum atomic E-state index is 6.22. The van der Waals surface area contributed by atoms with Gasteiger partial charge in [-0.25, -0.2) is 0 Å². The normalized spacial score (nSPS) is 17.4. The first kappa shape index (κ1) is 19.9. The number of nitrogens with two attached hydrogens (primary N) is 1. The molecule has 0 bridgehead atoms. The van der Waals surface area contributed by atoms with E-state index in [1.54, 1.807) is 0 Å². The van der Waals surface area contributed by atoms with Crippen LogP contribution in [0.1, 0.15) is 61.3 Å². The number of ether oxygens (including phenoxy) is 2. The molecular formula is C24H33NO2. The molecule has 0 aliphatic heterocycles.